The number of ether oxygens (including phenoxy) is 1. The van der Waals surface area contributed by atoms with Gasteiger partial charge in [-0.3, -0.25) is 14.4 Å². The fraction of sp³-hybridized carbons (Fsp3) is 0.304. The summed E-state index contributed by atoms with van der Waals surface area (Å²) in [5, 5.41) is 0.498. The van der Waals surface area contributed by atoms with Crippen LogP contribution in [0.15, 0.2) is 59.4 Å². The van der Waals surface area contributed by atoms with Crippen molar-refractivity contribution in [2.24, 2.45) is 0 Å². The Morgan fingerprint density at radius 3 is 2.40 bits per heavy atom. The number of carbonyl (C=O) groups excluding carboxylic acids is 2. The van der Waals surface area contributed by atoms with E-state index in [1.165, 1.54) is 0 Å². The summed E-state index contributed by atoms with van der Waals surface area (Å²) in [4.78, 5) is 46.3. The van der Waals surface area contributed by atoms with Gasteiger partial charge in [-0.2, -0.15) is 0 Å². The van der Waals surface area contributed by atoms with E-state index < -0.39 is 12.1 Å². The van der Waals surface area contributed by atoms with Crippen molar-refractivity contribution < 1.29 is 14.3 Å². The normalized spacial score (nSPS) is 11.8. The molecule has 1 amide bonds. The maximum atomic E-state index is 12.9. The van der Waals surface area contributed by atoms with Gasteiger partial charge in [0.15, 0.2) is 0 Å². The Kier molecular flexibility index (Phi) is 6.95. The Morgan fingerprint density at radius 1 is 1.03 bits per heavy atom. The van der Waals surface area contributed by atoms with Crippen LogP contribution in [0, 0.1) is 0 Å². The third-order valence-corrected chi connectivity index (χ3v) is 4.88. The van der Waals surface area contributed by atoms with Crippen molar-refractivity contribution in [3.05, 3.63) is 76.3 Å². The number of aromatic nitrogens is 2. The lowest BCUT2D eigenvalue weighted by molar-refractivity contribution is -0.160. The summed E-state index contributed by atoms with van der Waals surface area (Å²) in [5.74, 6) is -0.376. The van der Waals surface area contributed by atoms with Gasteiger partial charge in [-0.25, -0.2) is 4.98 Å². The van der Waals surface area contributed by atoms with Crippen molar-refractivity contribution >= 4 is 22.8 Å². The third kappa shape index (κ3) is 4.92. The molecule has 0 saturated carbocycles. The van der Waals surface area contributed by atoms with Gasteiger partial charge in [0.2, 0.25) is 6.10 Å². The Bertz CT molecular complexity index is 1070. The van der Waals surface area contributed by atoms with E-state index in [1.54, 1.807) is 53.4 Å². The summed E-state index contributed by atoms with van der Waals surface area (Å²) in [6.07, 6.45) is -0.794. The molecule has 30 heavy (non-hydrogen) atoms. The number of aromatic amines is 1. The number of para-hydroxylation sites is 1. The van der Waals surface area contributed by atoms with Crippen molar-refractivity contribution in [2.45, 2.75) is 32.8 Å². The van der Waals surface area contributed by atoms with Crippen LogP contribution in [0.3, 0.4) is 0 Å². The third-order valence-electron chi connectivity index (χ3n) is 4.88. The largest absolute Gasteiger partial charge is 0.447 e. The predicted molar refractivity (Wildman–Crippen MR) is 114 cm³/mol. The van der Waals surface area contributed by atoms with Crippen LogP contribution in [0.2, 0.25) is 0 Å². The molecule has 0 aliphatic carbocycles. The molecule has 1 aromatic heterocycles. The molecule has 0 saturated heterocycles. The lowest BCUT2D eigenvalue weighted by Gasteiger charge is -2.25. The molecule has 2 aromatic carbocycles. The molecule has 0 aliphatic heterocycles. The molecule has 0 fully saturated rings. The highest BCUT2D eigenvalue weighted by Crippen LogP contribution is 2.21. The van der Waals surface area contributed by atoms with Gasteiger partial charge in [-0.15, -0.1) is 0 Å². The van der Waals surface area contributed by atoms with Gasteiger partial charge in [0.25, 0.3) is 11.5 Å². The standard InChI is InChI=1S/C23H25N3O4/c1-3-26(4-2)23(29)21(16-10-6-5-7-11-16)30-20(27)15-14-19-24-18-13-9-8-12-17(18)22(28)25-19/h5-13,21H,3-4,14-15H2,1-2H3,(H,24,25,28)/t21-/m1/s1. The summed E-state index contributed by atoms with van der Waals surface area (Å²) in [6.45, 7) is 4.82. The van der Waals surface area contributed by atoms with Gasteiger partial charge in [-0.1, -0.05) is 42.5 Å². The topological polar surface area (TPSA) is 92.4 Å². The number of nitrogens with one attached hydrogen (secondary N) is 1. The van der Waals surface area contributed by atoms with Crippen LogP contribution in [0.1, 0.15) is 37.8 Å². The molecule has 0 radical (unpaired) electrons. The lowest BCUT2D eigenvalue weighted by Crippen LogP contribution is -2.36. The zero-order chi connectivity index (χ0) is 21.5. The van der Waals surface area contributed by atoms with E-state index in [-0.39, 0.29) is 24.3 Å². The minimum atomic E-state index is -0.998. The first kappa shape index (κ1) is 21.2. The van der Waals surface area contributed by atoms with E-state index in [4.69, 9.17) is 4.74 Å². The highest BCUT2D eigenvalue weighted by atomic mass is 16.5. The van der Waals surface area contributed by atoms with E-state index in [1.807, 2.05) is 19.9 Å². The fourth-order valence-corrected chi connectivity index (χ4v) is 3.25. The molecule has 0 aliphatic rings. The zero-order valence-corrected chi connectivity index (χ0v) is 17.1. The summed E-state index contributed by atoms with van der Waals surface area (Å²) in [6, 6.07) is 16.0. The van der Waals surface area contributed by atoms with Crippen LogP contribution in [0.25, 0.3) is 10.9 Å². The van der Waals surface area contributed by atoms with Crippen LogP contribution in [0.4, 0.5) is 0 Å². The second kappa shape index (κ2) is 9.82. The monoisotopic (exact) mass is 407 g/mol. The first-order valence-corrected chi connectivity index (χ1v) is 10.0. The van der Waals surface area contributed by atoms with Gasteiger partial charge in [-0.05, 0) is 26.0 Å². The highest BCUT2D eigenvalue weighted by molar-refractivity contribution is 5.85. The van der Waals surface area contributed by atoms with E-state index in [0.29, 0.717) is 35.4 Å². The Morgan fingerprint density at radius 2 is 1.70 bits per heavy atom. The second-order valence-corrected chi connectivity index (χ2v) is 6.82. The number of amides is 1. The molecule has 1 heterocycles. The van der Waals surface area contributed by atoms with Crippen LogP contribution in [0.5, 0.6) is 0 Å². The number of rotatable bonds is 8. The van der Waals surface area contributed by atoms with Gasteiger partial charge < -0.3 is 14.6 Å². The minimum absolute atomic E-state index is 0.00383. The first-order valence-electron chi connectivity index (χ1n) is 10.0. The molecule has 7 heteroatoms. The van der Waals surface area contributed by atoms with Crippen molar-refractivity contribution in [1.82, 2.24) is 14.9 Å². The van der Waals surface area contributed by atoms with Crippen molar-refractivity contribution in [1.29, 1.82) is 0 Å². The number of aryl methyl sites for hydroxylation is 1. The number of H-pyrrole nitrogens is 1. The molecule has 1 N–H and O–H groups in total. The number of likely N-dealkylation sites (N-methyl/N-ethyl adjacent to an activating group) is 1. The van der Waals surface area contributed by atoms with Gasteiger partial charge in [0.05, 0.1) is 17.3 Å². The summed E-state index contributed by atoms with van der Waals surface area (Å²) in [7, 11) is 0. The minimum Gasteiger partial charge on any atom is -0.447 e. The van der Waals surface area contributed by atoms with Crippen LogP contribution >= 0.6 is 0 Å². The van der Waals surface area contributed by atoms with E-state index in [0.717, 1.165) is 0 Å². The Labute approximate surface area is 174 Å². The number of benzene rings is 2. The number of hydrogen-bond donors (Lipinski definition) is 1. The number of nitrogens with zero attached hydrogens (tertiary/aromatic N) is 2. The van der Waals surface area contributed by atoms with Gasteiger partial charge in [0.1, 0.15) is 5.82 Å². The molecule has 3 rings (SSSR count). The molecular weight excluding hydrogens is 382 g/mol. The summed E-state index contributed by atoms with van der Waals surface area (Å²) < 4.78 is 5.57. The molecule has 156 valence electrons. The first-order chi connectivity index (χ1) is 14.5. The molecule has 1 atom stereocenters. The van der Waals surface area contributed by atoms with Gasteiger partial charge in [0, 0.05) is 25.1 Å². The quantitative estimate of drug-likeness (QED) is 0.580. The fourth-order valence-electron chi connectivity index (χ4n) is 3.25. The number of fused-ring (bicyclic) bond motifs is 1. The van der Waals surface area contributed by atoms with Crippen LogP contribution < -0.4 is 5.56 Å². The average Bonchev–Trinajstić information content (AvgIpc) is 2.77. The number of carbonyl (C=O) groups is 2. The zero-order valence-electron chi connectivity index (χ0n) is 17.1. The van der Waals surface area contributed by atoms with E-state index in [2.05, 4.69) is 9.97 Å². The molecule has 7 nitrogen and oxygen atoms in total. The second-order valence-electron chi connectivity index (χ2n) is 6.82. The maximum Gasteiger partial charge on any atom is 0.307 e. The highest BCUT2D eigenvalue weighted by Gasteiger charge is 2.28. The van der Waals surface area contributed by atoms with Crippen LogP contribution in [-0.4, -0.2) is 39.8 Å². The molecule has 0 bridgehead atoms. The molecule has 3 aromatic rings. The van der Waals surface area contributed by atoms with Crippen molar-refractivity contribution in [3.8, 4) is 0 Å². The average molecular weight is 407 g/mol. The van der Waals surface area contributed by atoms with Crippen molar-refractivity contribution in [2.75, 3.05) is 13.1 Å². The lowest BCUT2D eigenvalue weighted by atomic mass is 10.1. The molecular formula is C23H25N3O4. The molecule has 0 spiro atoms. The molecule has 0 unspecified atom stereocenters. The Balaban J connectivity index is 1.73. The number of esters is 1. The van der Waals surface area contributed by atoms with E-state index in [9.17, 15) is 14.4 Å². The summed E-state index contributed by atoms with van der Waals surface area (Å²) in [5.41, 5.74) is 0.950. The smallest absolute Gasteiger partial charge is 0.307 e. The number of hydrogen-bond acceptors (Lipinski definition) is 5. The maximum absolute atomic E-state index is 12.9. The van der Waals surface area contributed by atoms with E-state index >= 15 is 0 Å². The van der Waals surface area contributed by atoms with Gasteiger partial charge >= 0.3 is 5.97 Å². The SMILES string of the molecule is CCN(CC)C(=O)[C@H](OC(=O)CCc1nc2ccccc2c(=O)[nH]1)c1ccccc1. The van der Waals surface area contributed by atoms with Crippen LogP contribution in [-0.2, 0) is 20.7 Å². The summed E-state index contributed by atoms with van der Waals surface area (Å²) >= 11 is 0. The Hall–Kier alpha value is -3.48. The predicted octanol–water partition coefficient (Wildman–Crippen LogP) is 3.01. The van der Waals surface area contributed by atoms with Crippen molar-refractivity contribution in [3.63, 3.8) is 0 Å².